The van der Waals surface area contributed by atoms with Crippen molar-refractivity contribution in [2.45, 2.75) is 47.0 Å². The molecule has 0 fully saturated rings. The molecule has 0 N–H and O–H groups in total. The average molecular weight is 383 g/mol. The third-order valence-electron chi connectivity index (χ3n) is 4.53. The highest BCUT2D eigenvalue weighted by atomic mass is 16.6. The molecule has 28 heavy (non-hydrogen) atoms. The van der Waals surface area contributed by atoms with Gasteiger partial charge in [0.1, 0.15) is 0 Å². The topological polar surface area (TPSA) is 55.8 Å². The number of hydrogen-bond acceptors (Lipinski definition) is 4. The van der Waals surface area contributed by atoms with E-state index in [1.54, 1.807) is 35.2 Å². The molecule has 0 aliphatic carbocycles. The van der Waals surface area contributed by atoms with Crippen LogP contribution in [0.1, 0.15) is 56.1 Å². The fourth-order valence-electron chi connectivity index (χ4n) is 2.75. The Morgan fingerprint density at radius 1 is 0.964 bits per heavy atom. The second kappa shape index (κ2) is 8.91. The number of amides is 1. The molecule has 0 aliphatic rings. The van der Waals surface area contributed by atoms with Gasteiger partial charge >= 0.3 is 12.1 Å². The second-order valence-corrected chi connectivity index (χ2v) is 7.67. The lowest BCUT2D eigenvalue weighted by molar-refractivity contribution is 0.0726. The van der Waals surface area contributed by atoms with Gasteiger partial charge in [0.05, 0.1) is 5.56 Å². The summed E-state index contributed by atoms with van der Waals surface area (Å²) in [7, 11) is 0. The summed E-state index contributed by atoms with van der Waals surface area (Å²) >= 11 is 0. The van der Waals surface area contributed by atoms with Crippen LogP contribution in [0.25, 0.3) is 0 Å². The van der Waals surface area contributed by atoms with E-state index in [0.29, 0.717) is 18.7 Å². The summed E-state index contributed by atoms with van der Waals surface area (Å²) in [6, 6.07) is 12.5. The van der Waals surface area contributed by atoms with Gasteiger partial charge in [-0.2, -0.15) is 0 Å². The first kappa shape index (κ1) is 21.5. The fraction of sp³-hybridized carbons (Fsp3) is 0.391. The Morgan fingerprint density at radius 2 is 1.57 bits per heavy atom. The Bertz CT molecular complexity index is 834. The lowest BCUT2D eigenvalue weighted by Crippen LogP contribution is -2.33. The standard InChI is InChI=1S/C23H29NO4/c1-7-24(8-2)22(26)28-20-16(3)14-18(23(4,5)6)15-19(20)27-21(25)17-12-10-9-11-13-17/h9-15H,7-8H2,1-6H3. The van der Waals surface area contributed by atoms with Gasteiger partial charge in [0.25, 0.3) is 0 Å². The second-order valence-electron chi connectivity index (χ2n) is 7.67. The van der Waals surface area contributed by atoms with Crippen LogP contribution >= 0.6 is 0 Å². The monoisotopic (exact) mass is 383 g/mol. The maximum absolute atomic E-state index is 12.6. The number of rotatable bonds is 5. The molecule has 0 heterocycles. The van der Waals surface area contributed by atoms with Crippen molar-refractivity contribution in [2.24, 2.45) is 0 Å². The largest absolute Gasteiger partial charge is 0.419 e. The summed E-state index contributed by atoms with van der Waals surface area (Å²) in [5.74, 6) is 0.0275. The Morgan fingerprint density at radius 3 is 2.11 bits per heavy atom. The van der Waals surface area contributed by atoms with E-state index < -0.39 is 12.1 Å². The van der Waals surface area contributed by atoms with Crippen LogP contribution in [0.3, 0.4) is 0 Å². The third-order valence-corrected chi connectivity index (χ3v) is 4.53. The minimum atomic E-state index is -0.494. The minimum absolute atomic E-state index is 0.153. The van der Waals surface area contributed by atoms with Gasteiger partial charge in [0, 0.05) is 13.1 Å². The summed E-state index contributed by atoms with van der Waals surface area (Å²) in [5, 5.41) is 0. The van der Waals surface area contributed by atoms with Gasteiger partial charge in [0.2, 0.25) is 0 Å². The molecule has 0 unspecified atom stereocenters. The average Bonchev–Trinajstić information content (AvgIpc) is 2.65. The smallest absolute Gasteiger partial charge is 0.415 e. The van der Waals surface area contributed by atoms with E-state index in [9.17, 15) is 9.59 Å². The molecule has 2 aromatic carbocycles. The van der Waals surface area contributed by atoms with E-state index in [4.69, 9.17) is 9.47 Å². The van der Waals surface area contributed by atoms with Gasteiger partial charge in [-0.25, -0.2) is 9.59 Å². The number of hydrogen-bond donors (Lipinski definition) is 0. The first-order valence-electron chi connectivity index (χ1n) is 9.56. The quantitative estimate of drug-likeness (QED) is 0.516. The van der Waals surface area contributed by atoms with Gasteiger partial charge in [-0.05, 0) is 55.5 Å². The van der Waals surface area contributed by atoms with Crippen LogP contribution < -0.4 is 9.47 Å². The van der Waals surface area contributed by atoms with Gasteiger partial charge in [-0.3, -0.25) is 0 Å². The van der Waals surface area contributed by atoms with E-state index >= 15 is 0 Å². The molecule has 2 rings (SSSR count). The van der Waals surface area contributed by atoms with E-state index in [0.717, 1.165) is 11.1 Å². The fourth-order valence-corrected chi connectivity index (χ4v) is 2.75. The summed E-state index contributed by atoms with van der Waals surface area (Å²) in [4.78, 5) is 26.6. The maximum Gasteiger partial charge on any atom is 0.415 e. The number of esters is 1. The van der Waals surface area contributed by atoms with Crippen LogP contribution in [0.4, 0.5) is 4.79 Å². The lowest BCUT2D eigenvalue weighted by Gasteiger charge is -2.24. The molecule has 0 aliphatic heterocycles. The third kappa shape index (κ3) is 5.12. The molecule has 0 aromatic heterocycles. The zero-order chi connectivity index (χ0) is 20.9. The van der Waals surface area contributed by atoms with Gasteiger partial charge < -0.3 is 14.4 Å². The minimum Gasteiger partial charge on any atom is -0.419 e. The molecule has 0 bridgehead atoms. The number of ether oxygens (including phenoxy) is 2. The van der Waals surface area contributed by atoms with E-state index in [1.165, 1.54) is 0 Å². The van der Waals surface area contributed by atoms with Crippen molar-refractivity contribution in [1.29, 1.82) is 0 Å². The highest BCUT2D eigenvalue weighted by molar-refractivity contribution is 5.91. The normalized spacial score (nSPS) is 11.1. The molecule has 2 aromatic rings. The zero-order valence-electron chi connectivity index (χ0n) is 17.5. The van der Waals surface area contributed by atoms with Crippen LogP contribution in [0.2, 0.25) is 0 Å². The van der Waals surface area contributed by atoms with Crippen molar-refractivity contribution in [2.75, 3.05) is 13.1 Å². The molecule has 0 spiro atoms. The Labute approximate surface area is 167 Å². The number of nitrogens with zero attached hydrogens (tertiary/aromatic N) is 1. The van der Waals surface area contributed by atoms with Crippen LogP contribution in [-0.2, 0) is 5.41 Å². The predicted molar refractivity (Wildman–Crippen MR) is 110 cm³/mol. The summed E-state index contributed by atoms with van der Waals surface area (Å²) in [5.41, 5.74) is 2.01. The van der Waals surface area contributed by atoms with Gasteiger partial charge in [-0.15, -0.1) is 0 Å². The van der Waals surface area contributed by atoms with Crippen LogP contribution in [0, 0.1) is 6.92 Å². The number of benzene rings is 2. The summed E-state index contributed by atoms with van der Waals surface area (Å²) in [6.45, 7) is 12.9. The van der Waals surface area contributed by atoms with Crippen molar-refractivity contribution in [3.05, 3.63) is 59.2 Å². The molecule has 150 valence electrons. The highest BCUT2D eigenvalue weighted by Gasteiger charge is 2.24. The Kier molecular flexibility index (Phi) is 6.84. The number of carbonyl (C=O) groups excluding carboxylic acids is 2. The molecule has 5 nitrogen and oxygen atoms in total. The van der Waals surface area contributed by atoms with Crippen molar-refractivity contribution in [1.82, 2.24) is 4.90 Å². The van der Waals surface area contributed by atoms with Crippen molar-refractivity contribution in [3.63, 3.8) is 0 Å². The lowest BCUT2D eigenvalue weighted by atomic mass is 9.86. The first-order chi connectivity index (χ1) is 13.2. The van der Waals surface area contributed by atoms with Crippen LogP contribution in [-0.4, -0.2) is 30.1 Å². The van der Waals surface area contributed by atoms with E-state index in [-0.39, 0.29) is 16.9 Å². The molecule has 0 saturated heterocycles. The molecule has 0 saturated carbocycles. The molecular weight excluding hydrogens is 354 g/mol. The number of aryl methyl sites for hydroxylation is 1. The first-order valence-corrected chi connectivity index (χ1v) is 9.56. The summed E-state index contributed by atoms with van der Waals surface area (Å²) < 4.78 is 11.3. The van der Waals surface area contributed by atoms with E-state index in [2.05, 4.69) is 20.8 Å². The van der Waals surface area contributed by atoms with Crippen LogP contribution in [0.15, 0.2) is 42.5 Å². The Balaban J connectivity index is 2.45. The van der Waals surface area contributed by atoms with Gasteiger partial charge in [-0.1, -0.05) is 45.0 Å². The Hall–Kier alpha value is -2.82. The maximum atomic E-state index is 12.6. The number of carbonyl (C=O) groups is 2. The molecule has 0 atom stereocenters. The molecule has 1 amide bonds. The molecule has 5 heteroatoms. The van der Waals surface area contributed by atoms with Crippen molar-refractivity contribution >= 4 is 12.1 Å². The van der Waals surface area contributed by atoms with E-state index in [1.807, 2.05) is 32.9 Å². The van der Waals surface area contributed by atoms with Crippen molar-refractivity contribution in [3.8, 4) is 11.5 Å². The van der Waals surface area contributed by atoms with Crippen molar-refractivity contribution < 1.29 is 19.1 Å². The predicted octanol–water partition coefficient (Wildman–Crippen LogP) is 5.35. The zero-order valence-corrected chi connectivity index (χ0v) is 17.5. The highest BCUT2D eigenvalue weighted by Crippen LogP contribution is 2.37. The SMILES string of the molecule is CCN(CC)C(=O)Oc1c(C)cc(C(C)(C)C)cc1OC(=O)c1ccccc1. The summed E-state index contributed by atoms with van der Waals surface area (Å²) in [6.07, 6.45) is -0.464. The van der Waals surface area contributed by atoms with Crippen LogP contribution in [0.5, 0.6) is 11.5 Å². The molecular formula is C23H29NO4. The van der Waals surface area contributed by atoms with Gasteiger partial charge in [0.15, 0.2) is 11.5 Å². The molecule has 0 radical (unpaired) electrons.